The summed E-state index contributed by atoms with van der Waals surface area (Å²) in [5.41, 5.74) is 2.36. The summed E-state index contributed by atoms with van der Waals surface area (Å²) in [5, 5.41) is 15.6. The van der Waals surface area contributed by atoms with Crippen molar-refractivity contribution >= 4 is 23.5 Å². The van der Waals surface area contributed by atoms with E-state index in [2.05, 4.69) is 15.9 Å². The van der Waals surface area contributed by atoms with Crippen LogP contribution in [0.4, 0.5) is 4.39 Å². The average molecular weight is 409 g/mol. The molecule has 6 nitrogen and oxygen atoms in total. The first-order valence-electron chi connectivity index (χ1n) is 8.74. The Hall–Kier alpha value is -2.48. The highest BCUT2D eigenvalue weighted by molar-refractivity contribution is 6.31. The van der Waals surface area contributed by atoms with Crippen LogP contribution in [0, 0.1) is 5.82 Å². The van der Waals surface area contributed by atoms with Crippen molar-refractivity contribution < 1.29 is 24.2 Å². The van der Waals surface area contributed by atoms with Crippen LogP contribution < -0.4 is 0 Å². The first kappa shape index (κ1) is 21.8. The van der Waals surface area contributed by atoms with E-state index in [4.69, 9.17) is 31.4 Å². The average Bonchev–Trinajstić information content (AvgIpc) is 2.67. The summed E-state index contributed by atoms with van der Waals surface area (Å²) in [6, 6.07) is 14.8. The van der Waals surface area contributed by atoms with Gasteiger partial charge in [-0.2, -0.15) is 0 Å². The number of hydrogen-bond acceptors (Lipinski definition) is 4. The third kappa shape index (κ3) is 7.26. The van der Waals surface area contributed by atoms with Crippen LogP contribution in [0.25, 0.3) is 0 Å². The molecule has 0 unspecified atom stereocenters. The molecule has 1 aliphatic rings. The van der Waals surface area contributed by atoms with E-state index in [1.165, 1.54) is 23.3 Å². The normalized spacial score (nSPS) is 14.8. The quantitative estimate of drug-likeness (QED) is 0.757. The standard InChI is InChI=1S/C18H20ClFN2.C2H2O4/c19-18-4-2-1-3-16(18)14-22-11-9-21(10-12-22)13-15-5-7-17(20)8-6-15;3-1(4)2(5)6/h1-8H,9-14H2;(H,3,4)(H,5,6). The predicted octanol–water partition coefficient (Wildman–Crippen LogP) is 2.95. The molecular weight excluding hydrogens is 387 g/mol. The van der Waals surface area contributed by atoms with Crippen molar-refractivity contribution in [3.63, 3.8) is 0 Å². The molecule has 0 saturated carbocycles. The van der Waals surface area contributed by atoms with Crippen molar-refractivity contribution in [2.45, 2.75) is 13.1 Å². The lowest BCUT2D eigenvalue weighted by Crippen LogP contribution is -2.45. The predicted molar refractivity (Wildman–Crippen MR) is 104 cm³/mol. The smallest absolute Gasteiger partial charge is 0.414 e. The number of carbonyl (C=O) groups is 2. The maximum Gasteiger partial charge on any atom is 0.414 e. The van der Waals surface area contributed by atoms with E-state index in [1.54, 1.807) is 0 Å². The minimum Gasteiger partial charge on any atom is -0.473 e. The second-order valence-corrected chi connectivity index (χ2v) is 6.79. The van der Waals surface area contributed by atoms with Gasteiger partial charge in [-0.15, -0.1) is 0 Å². The van der Waals surface area contributed by atoms with E-state index in [1.807, 2.05) is 30.3 Å². The summed E-state index contributed by atoms with van der Waals surface area (Å²) < 4.78 is 12.9. The number of hydrogen-bond donors (Lipinski definition) is 2. The highest BCUT2D eigenvalue weighted by Gasteiger charge is 2.17. The molecule has 1 fully saturated rings. The lowest BCUT2D eigenvalue weighted by molar-refractivity contribution is -0.159. The van der Waals surface area contributed by atoms with Gasteiger partial charge in [-0.3, -0.25) is 9.80 Å². The minimum absolute atomic E-state index is 0.173. The molecule has 1 heterocycles. The highest BCUT2D eigenvalue weighted by Crippen LogP contribution is 2.18. The molecule has 2 aromatic rings. The molecule has 150 valence electrons. The molecule has 0 bridgehead atoms. The van der Waals surface area contributed by atoms with Gasteiger partial charge in [-0.25, -0.2) is 14.0 Å². The Bertz CT molecular complexity index is 781. The summed E-state index contributed by atoms with van der Waals surface area (Å²) in [6.45, 7) is 5.92. The van der Waals surface area contributed by atoms with Crippen LogP contribution in [0.15, 0.2) is 48.5 Å². The number of carboxylic acids is 2. The molecule has 0 radical (unpaired) electrons. The fourth-order valence-electron chi connectivity index (χ4n) is 2.82. The number of nitrogens with zero attached hydrogens (tertiary/aromatic N) is 2. The van der Waals surface area contributed by atoms with E-state index in [0.717, 1.165) is 44.3 Å². The Morgan fingerprint density at radius 2 is 1.36 bits per heavy atom. The first-order valence-corrected chi connectivity index (χ1v) is 9.11. The molecule has 2 aromatic carbocycles. The number of aliphatic carboxylic acids is 2. The third-order valence-corrected chi connectivity index (χ3v) is 4.69. The van der Waals surface area contributed by atoms with Crippen LogP contribution in [0.1, 0.15) is 11.1 Å². The van der Waals surface area contributed by atoms with Gasteiger partial charge in [0.15, 0.2) is 0 Å². The van der Waals surface area contributed by atoms with Gasteiger partial charge in [0.05, 0.1) is 0 Å². The van der Waals surface area contributed by atoms with E-state index in [0.29, 0.717) is 0 Å². The minimum atomic E-state index is -1.82. The number of halogens is 2. The molecule has 2 N–H and O–H groups in total. The number of benzene rings is 2. The molecule has 0 atom stereocenters. The Balaban J connectivity index is 0.000000409. The Kier molecular flexibility index (Phi) is 8.38. The highest BCUT2D eigenvalue weighted by atomic mass is 35.5. The molecule has 0 aromatic heterocycles. The van der Waals surface area contributed by atoms with E-state index < -0.39 is 11.9 Å². The Morgan fingerprint density at radius 3 is 1.86 bits per heavy atom. The molecular formula is C20H22ClFN2O4. The molecule has 3 rings (SSSR count). The van der Waals surface area contributed by atoms with Gasteiger partial charge >= 0.3 is 11.9 Å². The Labute approximate surface area is 167 Å². The van der Waals surface area contributed by atoms with Gasteiger partial charge in [-0.05, 0) is 29.3 Å². The zero-order chi connectivity index (χ0) is 20.5. The summed E-state index contributed by atoms with van der Waals surface area (Å²) in [6.07, 6.45) is 0. The van der Waals surface area contributed by atoms with Gasteiger partial charge in [0.2, 0.25) is 0 Å². The van der Waals surface area contributed by atoms with Crippen molar-refractivity contribution in [3.05, 3.63) is 70.5 Å². The fraction of sp³-hybridized carbons (Fsp3) is 0.300. The van der Waals surface area contributed by atoms with Gasteiger partial charge in [0, 0.05) is 44.3 Å². The SMILES string of the molecule is Fc1ccc(CN2CCN(Cc3ccccc3Cl)CC2)cc1.O=C(O)C(=O)O. The van der Waals surface area contributed by atoms with Crippen LogP contribution in [0.2, 0.25) is 5.02 Å². The molecule has 0 aliphatic carbocycles. The van der Waals surface area contributed by atoms with Crippen molar-refractivity contribution in [1.29, 1.82) is 0 Å². The lowest BCUT2D eigenvalue weighted by Gasteiger charge is -2.34. The van der Waals surface area contributed by atoms with Crippen LogP contribution in [0.5, 0.6) is 0 Å². The molecule has 1 saturated heterocycles. The van der Waals surface area contributed by atoms with Gasteiger partial charge in [-0.1, -0.05) is 41.9 Å². The number of rotatable bonds is 4. The molecule has 8 heteroatoms. The van der Waals surface area contributed by atoms with Gasteiger partial charge < -0.3 is 10.2 Å². The van der Waals surface area contributed by atoms with Crippen LogP contribution >= 0.6 is 11.6 Å². The molecule has 0 amide bonds. The van der Waals surface area contributed by atoms with Crippen LogP contribution in [-0.2, 0) is 22.7 Å². The largest absolute Gasteiger partial charge is 0.473 e. The molecule has 28 heavy (non-hydrogen) atoms. The third-order valence-electron chi connectivity index (χ3n) is 4.32. The second kappa shape index (κ2) is 10.8. The maximum absolute atomic E-state index is 12.9. The maximum atomic E-state index is 12.9. The molecule has 0 spiro atoms. The van der Waals surface area contributed by atoms with Gasteiger partial charge in [0.25, 0.3) is 0 Å². The number of piperazine rings is 1. The van der Waals surface area contributed by atoms with Crippen molar-refractivity contribution in [1.82, 2.24) is 9.80 Å². The van der Waals surface area contributed by atoms with E-state index in [9.17, 15) is 4.39 Å². The summed E-state index contributed by atoms with van der Waals surface area (Å²) >= 11 is 6.22. The number of carboxylic acid groups (broad SMARTS) is 2. The van der Waals surface area contributed by atoms with Crippen molar-refractivity contribution in [2.24, 2.45) is 0 Å². The zero-order valence-electron chi connectivity index (χ0n) is 15.2. The van der Waals surface area contributed by atoms with Crippen molar-refractivity contribution in [3.8, 4) is 0 Å². The fourth-order valence-corrected chi connectivity index (χ4v) is 3.02. The monoisotopic (exact) mass is 408 g/mol. The molecule has 1 aliphatic heterocycles. The lowest BCUT2D eigenvalue weighted by atomic mass is 10.1. The summed E-state index contributed by atoms with van der Waals surface area (Å²) in [4.78, 5) is 23.0. The summed E-state index contributed by atoms with van der Waals surface area (Å²) in [7, 11) is 0. The first-order chi connectivity index (χ1) is 13.3. The summed E-state index contributed by atoms with van der Waals surface area (Å²) in [5.74, 6) is -3.82. The van der Waals surface area contributed by atoms with Crippen molar-refractivity contribution in [2.75, 3.05) is 26.2 Å². The van der Waals surface area contributed by atoms with E-state index >= 15 is 0 Å². The van der Waals surface area contributed by atoms with Gasteiger partial charge in [0.1, 0.15) is 5.82 Å². The zero-order valence-corrected chi connectivity index (χ0v) is 16.0. The van der Waals surface area contributed by atoms with Crippen LogP contribution in [0.3, 0.4) is 0 Å². The van der Waals surface area contributed by atoms with E-state index in [-0.39, 0.29) is 5.82 Å². The topological polar surface area (TPSA) is 81.1 Å². The second-order valence-electron chi connectivity index (χ2n) is 6.38. The van der Waals surface area contributed by atoms with Crippen LogP contribution in [-0.4, -0.2) is 58.1 Å². The Morgan fingerprint density at radius 1 is 0.857 bits per heavy atom.